The minimum Gasteiger partial charge on any atom is -0.497 e. The number of rotatable bonds is 2. The van der Waals surface area contributed by atoms with E-state index < -0.39 is 10.8 Å². The number of hydrogen-bond donors (Lipinski definition) is 0. The van der Waals surface area contributed by atoms with E-state index in [2.05, 4.69) is 0 Å². The lowest BCUT2D eigenvalue weighted by atomic mass is 10.1. The number of fused-ring (bicyclic) bond motifs is 2. The second kappa shape index (κ2) is 6.18. The van der Waals surface area contributed by atoms with E-state index in [1.54, 1.807) is 48.4 Å². The van der Waals surface area contributed by atoms with E-state index in [1.165, 1.54) is 0 Å². The van der Waals surface area contributed by atoms with Crippen molar-refractivity contribution in [3.63, 3.8) is 0 Å². The molecule has 1 heterocycles. The molecule has 3 aromatic rings. The summed E-state index contributed by atoms with van der Waals surface area (Å²) in [6, 6.07) is 21.6. The molecule has 0 aromatic heterocycles. The average Bonchev–Trinajstić information content (AvgIpc) is 2.68. The topological polar surface area (TPSA) is 46.6 Å². The first-order chi connectivity index (χ1) is 12.2. The normalized spacial score (nSPS) is 13.1. The zero-order chi connectivity index (χ0) is 17.4. The van der Waals surface area contributed by atoms with Crippen LogP contribution < -0.4 is 9.64 Å². The Morgan fingerprint density at radius 2 is 1.36 bits per heavy atom. The van der Waals surface area contributed by atoms with Crippen LogP contribution in [0.15, 0.2) is 82.6 Å². The average molecular weight is 349 g/mol. The molecule has 1 aliphatic rings. The van der Waals surface area contributed by atoms with Crippen LogP contribution in [0.25, 0.3) is 0 Å². The predicted octanol–water partition coefficient (Wildman–Crippen LogP) is 4.15. The molecule has 4 rings (SSSR count). The van der Waals surface area contributed by atoms with Gasteiger partial charge in [0.15, 0.2) is 0 Å². The Labute approximate surface area is 148 Å². The highest BCUT2D eigenvalue weighted by Gasteiger charge is 2.32. The highest BCUT2D eigenvalue weighted by Crippen LogP contribution is 2.42. The van der Waals surface area contributed by atoms with Crippen molar-refractivity contribution in [2.45, 2.75) is 9.79 Å². The monoisotopic (exact) mass is 349 g/mol. The van der Waals surface area contributed by atoms with Crippen molar-refractivity contribution in [3.8, 4) is 5.75 Å². The van der Waals surface area contributed by atoms with Crippen molar-refractivity contribution in [2.24, 2.45) is 0 Å². The van der Waals surface area contributed by atoms with E-state index in [9.17, 15) is 9.00 Å². The van der Waals surface area contributed by atoms with Gasteiger partial charge in [0.2, 0.25) is 0 Å². The van der Waals surface area contributed by atoms with Gasteiger partial charge in [0.05, 0.1) is 39.1 Å². The van der Waals surface area contributed by atoms with Gasteiger partial charge in [-0.05, 0) is 48.5 Å². The van der Waals surface area contributed by atoms with Crippen molar-refractivity contribution >= 4 is 28.1 Å². The third-order valence-corrected chi connectivity index (χ3v) is 5.64. The van der Waals surface area contributed by atoms with Crippen LogP contribution in [0.5, 0.6) is 5.75 Å². The lowest BCUT2D eigenvalue weighted by Crippen LogP contribution is -2.30. The molecule has 0 spiro atoms. The number of nitrogens with zero attached hydrogens (tertiary/aromatic N) is 1. The van der Waals surface area contributed by atoms with Gasteiger partial charge in [-0.25, -0.2) is 4.21 Å². The molecule has 0 saturated heterocycles. The van der Waals surface area contributed by atoms with E-state index in [0.717, 1.165) is 0 Å². The Morgan fingerprint density at radius 1 is 0.840 bits per heavy atom. The number of para-hydroxylation sites is 2. The van der Waals surface area contributed by atoms with Crippen LogP contribution in [0, 0.1) is 0 Å². The van der Waals surface area contributed by atoms with Crippen molar-refractivity contribution in [1.29, 1.82) is 0 Å². The summed E-state index contributed by atoms with van der Waals surface area (Å²) in [5.74, 6) is 0.524. The predicted molar refractivity (Wildman–Crippen MR) is 97.0 cm³/mol. The van der Waals surface area contributed by atoms with Crippen molar-refractivity contribution in [2.75, 3.05) is 12.0 Å². The van der Waals surface area contributed by atoms with Crippen LogP contribution in [0.3, 0.4) is 0 Å². The van der Waals surface area contributed by atoms with Gasteiger partial charge in [-0.3, -0.25) is 9.69 Å². The molecular weight excluding hydrogens is 334 g/mol. The molecule has 25 heavy (non-hydrogen) atoms. The first kappa shape index (κ1) is 15.6. The summed E-state index contributed by atoms with van der Waals surface area (Å²) in [6.07, 6.45) is 0. The fourth-order valence-corrected chi connectivity index (χ4v) is 4.27. The van der Waals surface area contributed by atoms with Crippen LogP contribution in [0.4, 0.5) is 11.4 Å². The molecule has 1 aliphatic heterocycles. The summed E-state index contributed by atoms with van der Waals surface area (Å²) in [5, 5.41) is 0. The SMILES string of the molecule is COc1ccc(C(=O)N2c3ccccc3S(=O)c3ccccc32)cc1. The van der Waals surface area contributed by atoms with E-state index in [4.69, 9.17) is 4.74 Å². The molecule has 124 valence electrons. The Bertz CT molecular complexity index is 933. The Kier molecular flexibility index (Phi) is 3.86. The maximum atomic E-state index is 13.2. The summed E-state index contributed by atoms with van der Waals surface area (Å²) in [4.78, 5) is 16.1. The zero-order valence-corrected chi connectivity index (χ0v) is 14.3. The van der Waals surface area contributed by atoms with Crippen molar-refractivity contribution in [1.82, 2.24) is 0 Å². The van der Waals surface area contributed by atoms with Crippen LogP contribution in [-0.4, -0.2) is 17.2 Å². The van der Waals surface area contributed by atoms with Gasteiger partial charge in [-0.2, -0.15) is 0 Å². The maximum absolute atomic E-state index is 13.2. The number of anilines is 2. The van der Waals surface area contributed by atoms with Gasteiger partial charge in [0, 0.05) is 5.56 Å². The molecule has 0 fully saturated rings. The highest BCUT2D eigenvalue weighted by atomic mass is 32.2. The summed E-state index contributed by atoms with van der Waals surface area (Å²) in [5.41, 5.74) is 1.85. The van der Waals surface area contributed by atoms with E-state index >= 15 is 0 Å². The van der Waals surface area contributed by atoms with Crippen LogP contribution in [-0.2, 0) is 10.8 Å². The number of carbonyl (C=O) groups is 1. The lowest BCUT2D eigenvalue weighted by molar-refractivity contribution is 0.0998. The summed E-state index contributed by atoms with van der Waals surface area (Å²) >= 11 is 0. The van der Waals surface area contributed by atoms with Gasteiger partial charge in [-0.15, -0.1) is 0 Å². The fourth-order valence-electron chi connectivity index (χ4n) is 2.93. The van der Waals surface area contributed by atoms with Gasteiger partial charge in [-0.1, -0.05) is 24.3 Å². The van der Waals surface area contributed by atoms with E-state index in [1.807, 2.05) is 36.4 Å². The molecule has 0 unspecified atom stereocenters. The minimum atomic E-state index is -1.30. The molecule has 0 saturated carbocycles. The molecule has 0 N–H and O–H groups in total. The lowest BCUT2D eigenvalue weighted by Gasteiger charge is -2.31. The number of carbonyl (C=O) groups excluding carboxylic acids is 1. The van der Waals surface area contributed by atoms with Gasteiger partial charge < -0.3 is 4.74 Å². The number of amides is 1. The molecule has 3 aromatic carbocycles. The van der Waals surface area contributed by atoms with Crippen molar-refractivity contribution < 1.29 is 13.7 Å². The van der Waals surface area contributed by atoms with Gasteiger partial charge >= 0.3 is 0 Å². The van der Waals surface area contributed by atoms with Crippen LogP contribution in [0.2, 0.25) is 0 Å². The number of benzene rings is 3. The fraction of sp³-hybridized carbons (Fsp3) is 0.0500. The number of ether oxygens (including phenoxy) is 1. The Balaban J connectivity index is 1.87. The molecule has 4 nitrogen and oxygen atoms in total. The minimum absolute atomic E-state index is 0.167. The standard InChI is InChI=1S/C20H15NO3S/c1-24-15-12-10-14(11-13-15)20(22)21-16-6-2-4-8-18(16)25(23)19-9-5-3-7-17(19)21/h2-13H,1H3. The van der Waals surface area contributed by atoms with Gasteiger partial charge in [0.25, 0.3) is 5.91 Å². The Hall–Kier alpha value is -2.92. The van der Waals surface area contributed by atoms with Crippen molar-refractivity contribution in [3.05, 3.63) is 78.4 Å². The summed E-state index contributed by atoms with van der Waals surface area (Å²) < 4.78 is 18.0. The summed E-state index contributed by atoms with van der Waals surface area (Å²) in [6.45, 7) is 0. The summed E-state index contributed by atoms with van der Waals surface area (Å²) in [7, 11) is 0.284. The zero-order valence-electron chi connectivity index (χ0n) is 13.5. The van der Waals surface area contributed by atoms with Crippen LogP contribution in [0.1, 0.15) is 10.4 Å². The first-order valence-corrected chi connectivity index (χ1v) is 8.94. The molecular formula is C20H15NO3S. The maximum Gasteiger partial charge on any atom is 0.262 e. The second-order valence-electron chi connectivity index (χ2n) is 5.57. The van der Waals surface area contributed by atoms with E-state index in [-0.39, 0.29) is 5.91 Å². The Morgan fingerprint density at radius 3 is 1.88 bits per heavy atom. The molecule has 0 radical (unpaired) electrons. The molecule has 0 atom stereocenters. The van der Waals surface area contributed by atoms with Gasteiger partial charge in [0.1, 0.15) is 5.75 Å². The number of methoxy groups -OCH3 is 1. The van der Waals surface area contributed by atoms with E-state index in [0.29, 0.717) is 32.5 Å². The van der Waals surface area contributed by atoms with Crippen LogP contribution >= 0.6 is 0 Å². The number of hydrogen-bond acceptors (Lipinski definition) is 3. The highest BCUT2D eigenvalue weighted by molar-refractivity contribution is 7.85. The molecule has 0 aliphatic carbocycles. The smallest absolute Gasteiger partial charge is 0.262 e. The molecule has 5 heteroatoms. The largest absolute Gasteiger partial charge is 0.497 e. The first-order valence-electron chi connectivity index (χ1n) is 7.79. The second-order valence-corrected chi connectivity index (χ2v) is 6.99. The molecule has 0 bridgehead atoms. The quantitative estimate of drug-likeness (QED) is 0.698. The molecule has 1 amide bonds. The third kappa shape index (κ3) is 2.53. The third-order valence-electron chi connectivity index (χ3n) is 4.15.